The van der Waals surface area contributed by atoms with Crippen LogP contribution in [0.5, 0.6) is 0 Å². The van der Waals surface area contributed by atoms with Crippen molar-refractivity contribution in [1.29, 1.82) is 0 Å². The molecule has 0 fully saturated rings. The van der Waals surface area contributed by atoms with E-state index in [1.165, 1.54) is 11.8 Å². The molecule has 8 heteroatoms. The van der Waals surface area contributed by atoms with Crippen molar-refractivity contribution in [3.8, 4) is 0 Å². The molecule has 27 heavy (non-hydrogen) atoms. The topological polar surface area (TPSA) is 53.8 Å². The maximum absolute atomic E-state index is 12.3. The number of rotatable bonds is 4. The predicted molar refractivity (Wildman–Crippen MR) is 117 cm³/mol. The Morgan fingerprint density at radius 1 is 1.04 bits per heavy atom. The number of benzene rings is 2. The highest BCUT2D eigenvalue weighted by molar-refractivity contribution is 8.16. The van der Waals surface area contributed by atoms with Gasteiger partial charge in [0.2, 0.25) is 5.91 Å². The van der Waals surface area contributed by atoms with Crippen LogP contribution < -0.4 is 5.32 Å². The average molecular weight is 441 g/mol. The quantitative estimate of drug-likeness (QED) is 0.638. The van der Waals surface area contributed by atoms with Crippen molar-refractivity contribution in [2.45, 2.75) is 19.5 Å². The number of carbonyl (C=O) groups excluding carboxylic acids is 1. The second-order valence-electron chi connectivity index (χ2n) is 6.34. The van der Waals surface area contributed by atoms with Gasteiger partial charge in [0.15, 0.2) is 0 Å². The van der Waals surface area contributed by atoms with Gasteiger partial charge in [0.1, 0.15) is 10.7 Å². The molecule has 1 heterocycles. The summed E-state index contributed by atoms with van der Waals surface area (Å²) in [4.78, 5) is 21.6. The second-order valence-corrected chi connectivity index (χ2v) is 8.56. The van der Waals surface area contributed by atoms with Gasteiger partial charge in [-0.15, -0.1) is 0 Å². The van der Waals surface area contributed by atoms with Gasteiger partial charge >= 0.3 is 0 Å². The Morgan fingerprint density at radius 2 is 1.74 bits per heavy atom. The minimum atomic E-state index is -0.558. The Kier molecular flexibility index (Phi) is 6.16. The molecule has 0 aromatic heterocycles. The van der Waals surface area contributed by atoms with E-state index < -0.39 is 5.66 Å². The zero-order valence-electron chi connectivity index (χ0n) is 14.6. The molecule has 0 unspecified atom stereocenters. The molecule has 1 N–H and O–H groups in total. The van der Waals surface area contributed by atoms with E-state index >= 15 is 0 Å². The first-order valence-electron chi connectivity index (χ1n) is 8.07. The smallest absolute Gasteiger partial charge is 0.234 e. The molecule has 0 bridgehead atoms. The third-order valence-electron chi connectivity index (χ3n) is 3.62. The number of nitrogens with one attached hydrogen (secondary N) is 1. The third kappa shape index (κ3) is 5.26. The molecule has 3 rings (SSSR count). The molecule has 140 valence electrons. The standard InChI is InChI=1S/C19H16Cl3N3OS/c1-19(2)24-17(11-3-5-12(20)6-4-11)18(25-19)27-10-16(26)23-13-7-8-14(21)15(22)9-13/h3-9H,10H2,1-2H3,(H,23,26). The van der Waals surface area contributed by atoms with Crippen molar-refractivity contribution in [3.63, 3.8) is 0 Å². The number of thioether (sulfide) groups is 1. The van der Waals surface area contributed by atoms with Crippen LogP contribution in [0.2, 0.25) is 15.1 Å². The summed E-state index contributed by atoms with van der Waals surface area (Å²) in [7, 11) is 0. The van der Waals surface area contributed by atoms with E-state index in [4.69, 9.17) is 34.8 Å². The lowest BCUT2D eigenvalue weighted by atomic mass is 10.1. The van der Waals surface area contributed by atoms with Crippen LogP contribution in [0, 0.1) is 0 Å². The summed E-state index contributed by atoms with van der Waals surface area (Å²) in [5.41, 5.74) is 1.72. The maximum atomic E-state index is 12.3. The summed E-state index contributed by atoms with van der Waals surface area (Å²) in [6, 6.07) is 12.4. The summed E-state index contributed by atoms with van der Waals surface area (Å²) in [5.74, 6) is 0.0307. The van der Waals surface area contributed by atoms with Crippen molar-refractivity contribution in [2.75, 3.05) is 11.1 Å². The van der Waals surface area contributed by atoms with Crippen LogP contribution >= 0.6 is 46.6 Å². The Balaban J connectivity index is 1.68. The first-order valence-corrected chi connectivity index (χ1v) is 10.2. The van der Waals surface area contributed by atoms with Crippen LogP contribution in [-0.2, 0) is 4.79 Å². The molecule has 0 aliphatic carbocycles. The lowest BCUT2D eigenvalue weighted by molar-refractivity contribution is -0.113. The number of nitrogens with zero attached hydrogens (tertiary/aromatic N) is 2. The summed E-state index contributed by atoms with van der Waals surface area (Å²) < 4.78 is 0. The molecule has 0 saturated carbocycles. The Morgan fingerprint density at radius 3 is 2.41 bits per heavy atom. The SMILES string of the molecule is CC1(C)N=C(SCC(=O)Nc2ccc(Cl)c(Cl)c2)C(c2ccc(Cl)cc2)=N1. The largest absolute Gasteiger partial charge is 0.325 e. The van der Waals surface area contributed by atoms with Gasteiger partial charge in [0.25, 0.3) is 0 Å². The van der Waals surface area contributed by atoms with Gasteiger partial charge in [-0.05, 0) is 44.2 Å². The van der Waals surface area contributed by atoms with Gasteiger partial charge in [-0.25, -0.2) is 4.99 Å². The number of halogens is 3. The predicted octanol–water partition coefficient (Wildman–Crippen LogP) is 5.96. The highest BCUT2D eigenvalue weighted by atomic mass is 35.5. The Bertz CT molecular complexity index is 940. The molecule has 1 aliphatic heterocycles. The summed E-state index contributed by atoms with van der Waals surface area (Å²) >= 11 is 19.2. The molecule has 2 aromatic carbocycles. The van der Waals surface area contributed by atoms with Gasteiger partial charge in [-0.3, -0.25) is 9.79 Å². The molecule has 0 spiro atoms. The summed E-state index contributed by atoms with van der Waals surface area (Å²) in [5, 5.41) is 5.02. The summed E-state index contributed by atoms with van der Waals surface area (Å²) in [6.45, 7) is 3.85. The number of amides is 1. The molecule has 1 aliphatic rings. The van der Waals surface area contributed by atoms with E-state index in [2.05, 4.69) is 15.3 Å². The van der Waals surface area contributed by atoms with E-state index in [9.17, 15) is 4.79 Å². The summed E-state index contributed by atoms with van der Waals surface area (Å²) in [6.07, 6.45) is 0. The monoisotopic (exact) mass is 439 g/mol. The van der Waals surface area contributed by atoms with E-state index in [1.807, 2.05) is 38.1 Å². The zero-order valence-corrected chi connectivity index (χ0v) is 17.7. The van der Waals surface area contributed by atoms with E-state index in [0.717, 1.165) is 16.3 Å². The number of aliphatic imine (C=N–C) groups is 2. The minimum absolute atomic E-state index is 0.166. The Labute approximate surface area is 177 Å². The van der Waals surface area contributed by atoms with Crippen molar-refractivity contribution < 1.29 is 4.79 Å². The molecule has 1 amide bonds. The fraction of sp³-hybridized carbons (Fsp3) is 0.211. The highest BCUT2D eigenvalue weighted by Crippen LogP contribution is 2.28. The molecule has 0 atom stereocenters. The lowest BCUT2D eigenvalue weighted by Crippen LogP contribution is -2.17. The molecule has 2 aromatic rings. The molecule has 0 radical (unpaired) electrons. The van der Waals surface area contributed by atoms with E-state index in [1.54, 1.807) is 18.2 Å². The van der Waals surface area contributed by atoms with Crippen molar-refractivity contribution in [2.24, 2.45) is 9.98 Å². The van der Waals surface area contributed by atoms with Crippen molar-refractivity contribution in [3.05, 3.63) is 63.1 Å². The highest BCUT2D eigenvalue weighted by Gasteiger charge is 2.28. The number of carbonyl (C=O) groups is 1. The van der Waals surface area contributed by atoms with Crippen LogP contribution in [0.4, 0.5) is 5.69 Å². The first-order chi connectivity index (χ1) is 12.7. The minimum Gasteiger partial charge on any atom is -0.325 e. The number of anilines is 1. The van der Waals surface area contributed by atoms with Crippen molar-refractivity contribution in [1.82, 2.24) is 0 Å². The molecular weight excluding hydrogens is 425 g/mol. The number of hydrogen-bond acceptors (Lipinski definition) is 4. The van der Waals surface area contributed by atoms with Gasteiger partial charge < -0.3 is 5.32 Å². The first kappa shape index (κ1) is 20.2. The van der Waals surface area contributed by atoms with Crippen molar-refractivity contribution >= 4 is 68.9 Å². The third-order valence-corrected chi connectivity index (χ3v) is 5.58. The van der Waals surface area contributed by atoms with E-state index in [0.29, 0.717) is 20.8 Å². The van der Waals surface area contributed by atoms with Gasteiger partial charge in [-0.2, -0.15) is 0 Å². The van der Waals surface area contributed by atoms with Gasteiger partial charge in [0, 0.05) is 16.3 Å². The van der Waals surface area contributed by atoms with Crippen LogP contribution in [0.15, 0.2) is 52.4 Å². The van der Waals surface area contributed by atoms with Gasteiger partial charge in [0.05, 0.1) is 21.5 Å². The zero-order chi connectivity index (χ0) is 19.6. The lowest BCUT2D eigenvalue weighted by Gasteiger charge is -2.08. The fourth-order valence-corrected chi connectivity index (χ4v) is 3.80. The fourth-order valence-electron chi connectivity index (χ4n) is 2.45. The maximum Gasteiger partial charge on any atom is 0.234 e. The van der Waals surface area contributed by atoms with Crippen LogP contribution in [0.1, 0.15) is 19.4 Å². The van der Waals surface area contributed by atoms with Gasteiger partial charge in [-0.1, -0.05) is 58.7 Å². The average Bonchev–Trinajstić information content (AvgIpc) is 2.92. The number of hydrogen-bond donors (Lipinski definition) is 1. The van der Waals surface area contributed by atoms with Crippen LogP contribution in [0.25, 0.3) is 0 Å². The molecule has 0 saturated heterocycles. The van der Waals surface area contributed by atoms with Crippen LogP contribution in [-0.4, -0.2) is 28.1 Å². The van der Waals surface area contributed by atoms with E-state index in [-0.39, 0.29) is 11.7 Å². The van der Waals surface area contributed by atoms with Crippen LogP contribution in [0.3, 0.4) is 0 Å². The molecular formula is C19H16Cl3N3OS. The molecule has 4 nitrogen and oxygen atoms in total. The Hall–Kier alpha value is -1.53. The second kappa shape index (κ2) is 8.23. The normalized spacial score (nSPS) is 15.3.